The molecule has 0 atom stereocenters. The summed E-state index contributed by atoms with van der Waals surface area (Å²) >= 11 is 4.86. The van der Waals surface area contributed by atoms with Crippen molar-refractivity contribution in [3.63, 3.8) is 0 Å². The first kappa shape index (κ1) is 31.4. The van der Waals surface area contributed by atoms with Crippen LogP contribution >= 0.6 is 12.2 Å². The Kier molecular flexibility index (Phi) is 11.7. The van der Waals surface area contributed by atoms with Gasteiger partial charge in [0.2, 0.25) is 11.8 Å². The molecule has 0 aromatic carbocycles. The van der Waals surface area contributed by atoms with Gasteiger partial charge < -0.3 is 40.3 Å². The van der Waals surface area contributed by atoms with E-state index in [2.05, 4.69) is 20.6 Å². The smallest absolute Gasteiger partial charge is 0.342 e. The molecule has 2 aromatic heterocycles. The van der Waals surface area contributed by atoms with Crippen LogP contribution < -0.4 is 10.6 Å². The number of rotatable bonds is 14. The molecular formula is C21H26N8O10S. The standard InChI is InChI=1S/C21H26N8O10S/c1-13-22-11-17(28(34)35)26(13)7-9-38-19(32)5-3-15(30)24-21(40)25-16(31)4-6-20(33)39-10-8-27-14(2)23-12-18(27)29(36)37/h11-12H,3-10H2,1-2H3,(H2,24,25,30,31,40). The zero-order valence-electron chi connectivity index (χ0n) is 21.5. The van der Waals surface area contributed by atoms with Crippen molar-refractivity contribution in [2.75, 3.05) is 13.2 Å². The Morgan fingerprint density at radius 2 is 1.18 bits per heavy atom. The van der Waals surface area contributed by atoms with E-state index in [-0.39, 0.29) is 68.7 Å². The molecule has 0 fully saturated rings. The topological polar surface area (TPSA) is 233 Å². The first-order chi connectivity index (χ1) is 18.9. The molecule has 0 spiro atoms. The Morgan fingerprint density at radius 1 is 0.800 bits per heavy atom. The minimum absolute atomic E-state index is 0.0105. The molecule has 2 heterocycles. The maximum atomic E-state index is 12.0. The quantitative estimate of drug-likeness (QED) is 0.133. The second kappa shape index (κ2) is 15.0. The third-order valence-electron chi connectivity index (χ3n) is 5.22. The Labute approximate surface area is 231 Å². The molecule has 2 amide bonds. The predicted octanol–water partition coefficient (Wildman–Crippen LogP) is 0.377. The van der Waals surface area contributed by atoms with E-state index in [9.17, 15) is 39.4 Å². The van der Waals surface area contributed by atoms with Crippen LogP contribution in [-0.4, -0.2) is 71.0 Å². The summed E-state index contributed by atoms with van der Waals surface area (Å²) in [6.45, 7) is 2.81. The maximum Gasteiger partial charge on any atom is 0.342 e. The van der Waals surface area contributed by atoms with Crippen molar-refractivity contribution in [2.24, 2.45) is 0 Å². The first-order valence-corrected chi connectivity index (χ1v) is 12.1. The number of thiocarbonyl (C=S) groups is 1. The highest BCUT2D eigenvalue weighted by Gasteiger charge is 2.19. The fourth-order valence-electron chi connectivity index (χ4n) is 3.24. The van der Waals surface area contributed by atoms with E-state index in [0.717, 1.165) is 12.4 Å². The van der Waals surface area contributed by atoms with E-state index in [0.29, 0.717) is 11.6 Å². The van der Waals surface area contributed by atoms with E-state index in [1.807, 2.05) is 0 Å². The number of imidazole rings is 2. The SMILES string of the molecule is Cc1ncc([N+](=O)[O-])n1CCOC(=O)CCC(=O)NC(=S)NC(=O)CCC(=O)OCCn1c([N+](=O)[O-])cnc1C. The number of carbonyl (C=O) groups is 4. The monoisotopic (exact) mass is 582 g/mol. The minimum Gasteiger partial charge on any atom is -0.461 e. The van der Waals surface area contributed by atoms with Crippen LogP contribution in [0.15, 0.2) is 12.4 Å². The summed E-state index contributed by atoms with van der Waals surface area (Å²) in [5.74, 6) is -2.52. The average Bonchev–Trinajstić information content (AvgIpc) is 3.43. The van der Waals surface area contributed by atoms with Gasteiger partial charge in [-0.3, -0.25) is 19.2 Å². The third kappa shape index (κ3) is 9.82. The van der Waals surface area contributed by atoms with E-state index in [1.54, 1.807) is 13.8 Å². The highest BCUT2D eigenvalue weighted by atomic mass is 32.1. The molecule has 0 saturated heterocycles. The van der Waals surface area contributed by atoms with Gasteiger partial charge in [-0.15, -0.1) is 0 Å². The molecule has 0 bridgehead atoms. The fraction of sp³-hybridized carbons (Fsp3) is 0.476. The van der Waals surface area contributed by atoms with Crippen LogP contribution in [0.2, 0.25) is 0 Å². The fourth-order valence-corrected chi connectivity index (χ4v) is 3.47. The number of nitro groups is 2. The number of hydrogen-bond acceptors (Lipinski definition) is 13. The molecule has 40 heavy (non-hydrogen) atoms. The van der Waals surface area contributed by atoms with Crippen LogP contribution in [0.25, 0.3) is 0 Å². The normalized spacial score (nSPS) is 10.4. The van der Waals surface area contributed by atoms with Crippen LogP contribution in [0, 0.1) is 34.1 Å². The van der Waals surface area contributed by atoms with Crippen molar-refractivity contribution in [2.45, 2.75) is 52.6 Å². The van der Waals surface area contributed by atoms with Crippen molar-refractivity contribution in [3.05, 3.63) is 44.3 Å². The van der Waals surface area contributed by atoms with E-state index in [1.165, 1.54) is 9.13 Å². The van der Waals surface area contributed by atoms with Crippen LogP contribution in [0.3, 0.4) is 0 Å². The van der Waals surface area contributed by atoms with Gasteiger partial charge in [-0.25, -0.2) is 19.1 Å². The minimum atomic E-state index is -0.721. The van der Waals surface area contributed by atoms with Gasteiger partial charge in [-0.05, 0) is 22.1 Å². The van der Waals surface area contributed by atoms with Crippen molar-refractivity contribution in [1.82, 2.24) is 29.7 Å². The van der Waals surface area contributed by atoms with Crippen LogP contribution in [0.5, 0.6) is 0 Å². The van der Waals surface area contributed by atoms with Gasteiger partial charge in [0.25, 0.3) is 0 Å². The molecule has 2 N–H and O–H groups in total. The van der Waals surface area contributed by atoms with Gasteiger partial charge in [-0.1, -0.05) is 0 Å². The number of esters is 2. The highest BCUT2D eigenvalue weighted by molar-refractivity contribution is 7.80. The molecule has 216 valence electrons. The lowest BCUT2D eigenvalue weighted by Gasteiger charge is -2.09. The van der Waals surface area contributed by atoms with E-state index < -0.39 is 33.6 Å². The number of nitrogens with one attached hydrogen (secondary N) is 2. The highest BCUT2D eigenvalue weighted by Crippen LogP contribution is 2.14. The summed E-state index contributed by atoms with van der Waals surface area (Å²) in [5, 5.41) is 26.0. The lowest BCUT2D eigenvalue weighted by atomic mass is 10.3. The summed E-state index contributed by atoms with van der Waals surface area (Å²) in [6.07, 6.45) is 0.969. The van der Waals surface area contributed by atoms with Crippen LogP contribution in [-0.2, 0) is 41.7 Å². The van der Waals surface area contributed by atoms with Crippen molar-refractivity contribution >= 4 is 52.7 Å². The molecule has 19 heteroatoms. The Hall–Kier alpha value is -4.81. The van der Waals surface area contributed by atoms with Gasteiger partial charge in [0.05, 0.1) is 12.8 Å². The number of nitrogens with zero attached hydrogens (tertiary/aromatic N) is 6. The summed E-state index contributed by atoms with van der Waals surface area (Å²) in [5.41, 5.74) is 0. The molecule has 0 saturated carbocycles. The summed E-state index contributed by atoms with van der Waals surface area (Å²) in [7, 11) is 0. The van der Waals surface area contributed by atoms with Gasteiger partial charge in [0.15, 0.2) is 16.8 Å². The second-order valence-electron chi connectivity index (χ2n) is 8.01. The van der Waals surface area contributed by atoms with Crippen molar-refractivity contribution in [1.29, 1.82) is 0 Å². The second-order valence-corrected chi connectivity index (χ2v) is 8.42. The number of amides is 2. The number of hydrogen-bond donors (Lipinski definition) is 2. The largest absolute Gasteiger partial charge is 0.461 e. The van der Waals surface area contributed by atoms with E-state index >= 15 is 0 Å². The first-order valence-electron chi connectivity index (χ1n) is 11.7. The zero-order valence-corrected chi connectivity index (χ0v) is 22.3. The maximum absolute atomic E-state index is 12.0. The molecule has 0 unspecified atom stereocenters. The van der Waals surface area contributed by atoms with Crippen LogP contribution in [0.4, 0.5) is 11.6 Å². The summed E-state index contributed by atoms with van der Waals surface area (Å²) in [6, 6.07) is 0. The summed E-state index contributed by atoms with van der Waals surface area (Å²) in [4.78, 5) is 76.0. The average molecular weight is 583 g/mol. The van der Waals surface area contributed by atoms with Gasteiger partial charge in [-0.2, -0.15) is 0 Å². The molecule has 0 aliphatic heterocycles. The van der Waals surface area contributed by atoms with Crippen molar-refractivity contribution in [3.8, 4) is 0 Å². The number of aryl methyl sites for hydroxylation is 2. The Morgan fingerprint density at radius 3 is 1.52 bits per heavy atom. The number of ether oxygens (including phenoxy) is 2. The molecule has 0 aliphatic rings. The molecule has 2 aromatic rings. The zero-order chi connectivity index (χ0) is 29.8. The van der Waals surface area contributed by atoms with Crippen molar-refractivity contribution < 1.29 is 38.5 Å². The Bertz CT molecular complexity index is 1210. The Balaban J connectivity index is 1.60. The number of carbonyl (C=O) groups excluding carboxylic acids is 4. The lowest BCUT2D eigenvalue weighted by Crippen LogP contribution is -2.42. The molecule has 2 rings (SSSR count). The lowest BCUT2D eigenvalue weighted by molar-refractivity contribution is -0.392. The van der Waals surface area contributed by atoms with Crippen LogP contribution in [0.1, 0.15) is 37.3 Å². The van der Waals surface area contributed by atoms with Gasteiger partial charge in [0, 0.05) is 26.7 Å². The summed E-state index contributed by atoms with van der Waals surface area (Å²) < 4.78 is 12.5. The van der Waals surface area contributed by atoms with Gasteiger partial charge in [0.1, 0.15) is 38.7 Å². The molecule has 0 radical (unpaired) electrons. The van der Waals surface area contributed by atoms with E-state index in [4.69, 9.17) is 21.7 Å². The van der Waals surface area contributed by atoms with Gasteiger partial charge >= 0.3 is 23.6 Å². The molecular weight excluding hydrogens is 556 g/mol. The molecule has 0 aliphatic carbocycles. The number of aromatic nitrogens is 4. The molecule has 18 nitrogen and oxygen atoms in total. The predicted molar refractivity (Wildman–Crippen MR) is 137 cm³/mol. The third-order valence-corrected chi connectivity index (χ3v) is 5.42.